The first-order chi connectivity index (χ1) is 13.5. The Kier molecular flexibility index (Phi) is 4.57. The van der Waals surface area contributed by atoms with Gasteiger partial charge in [0.1, 0.15) is 11.1 Å². The molecule has 7 nitrogen and oxygen atoms in total. The minimum atomic E-state index is -1.06. The number of nitrogens with two attached hydrogens (primary N) is 1. The van der Waals surface area contributed by atoms with Crippen molar-refractivity contribution in [3.05, 3.63) is 46.8 Å². The highest BCUT2D eigenvalue weighted by Crippen LogP contribution is 2.27. The summed E-state index contributed by atoms with van der Waals surface area (Å²) in [5, 5.41) is 12.4. The Morgan fingerprint density at radius 2 is 2.18 bits per heavy atom. The predicted molar refractivity (Wildman–Crippen MR) is 102 cm³/mol. The summed E-state index contributed by atoms with van der Waals surface area (Å²) in [4.78, 5) is 32.8. The zero-order valence-electron chi connectivity index (χ0n) is 15.3. The summed E-state index contributed by atoms with van der Waals surface area (Å²) in [7, 11) is 0. The first-order valence-electron chi connectivity index (χ1n) is 9.25. The minimum absolute atomic E-state index is 0.244. The molecule has 4 N–H and O–H groups in total. The normalized spacial score (nSPS) is 20.2. The maximum absolute atomic E-state index is 12.0. The molecule has 0 bridgehead atoms. The first kappa shape index (κ1) is 18.1. The molecule has 7 heteroatoms. The fourth-order valence-electron chi connectivity index (χ4n) is 3.68. The van der Waals surface area contributed by atoms with Crippen molar-refractivity contribution in [3.63, 3.8) is 0 Å². The summed E-state index contributed by atoms with van der Waals surface area (Å²) < 4.78 is 0. The number of hydrogen-bond acceptors (Lipinski definition) is 5. The molecule has 0 spiro atoms. The summed E-state index contributed by atoms with van der Waals surface area (Å²) in [5.74, 6) is 5.57. The molecule has 1 aliphatic heterocycles. The van der Waals surface area contributed by atoms with Gasteiger partial charge in [-0.25, -0.2) is 9.97 Å². The average Bonchev–Trinajstić information content (AvgIpc) is 3.32. The summed E-state index contributed by atoms with van der Waals surface area (Å²) in [5.41, 5.74) is 7.86. The topological polar surface area (TPSA) is 118 Å². The molecule has 2 heterocycles. The van der Waals surface area contributed by atoms with Gasteiger partial charge in [-0.05, 0) is 37.8 Å². The average molecular weight is 376 g/mol. The van der Waals surface area contributed by atoms with Crippen LogP contribution in [0.3, 0.4) is 0 Å². The lowest BCUT2D eigenvalue weighted by molar-refractivity contribution is -0.126. The van der Waals surface area contributed by atoms with Crippen LogP contribution < -0.4 is 11.1 Å². The van der Waals surface area contributed by atoms with Crippen LogP contribution in [0.5, 0.6) is 0 Å². The van der Waals surface area contributed by atoms with E-state index in [-0.39, 0.29) is 18.2 Å². The van der Waals surface area contributed by atoms with Gasteiger partial charge in [-0.1, -0.05) is 24.0 Å². The van der Waals surface area contributed by atoms with Gasteiger partial charge >= 0.3 is 0 Å². The number of amides is 2. The summed E-state index contributed by atoms with van der Waals surface area (Å²) in [6.45, 7) is 0.189. The number of aromatic nitrogens is 2. The van der Waals surface area contributed by atoms with Gasteiger partial charge in [0, 0.05) is 28.9 Å². The molecule has 1 fully saturated rings. The van der Waals surface area contributed by atoms with E-state index in [4.69, 9.17) is 5.73 Å². The molecule has 1 aliphatic carbocycles. The number of hydrogen-bond donors (Lipinski definition) is 3. The Bertz CT molecular complexity index is 1040. The molecule has 2 amide bonds. The molecule has 142 valence electrons. The van der Waals surface area contributed by atoms with Gasteiger partial charge < -0.3 is 16.2 Å². The lowest BCUT2D eigenvalue weighted by Crippen LogP contribution is -2.33. The maximum Gasteiger partial charge on any atom is 0.267 e. The smallest absolute Gasteiger partial charge is 0.267 e. The summed E-state index contributed by atoms with van der Waals surface area (Å²) >= 11 is 0. The lowest BCUT2D eigenvalue weighted by atomic mass is 9.88. The highest BCUT2D eigenvalue weighted by Gasteiger charge is 2.40. The molecule has 0 radical (unpaired) electrons. The maximum atomic E-state index is 12.0. The Balaban J connectivity index is 1.71. The zero-order chi connectivity index (χ0) is 19.7. The van der Waals surface area contributed by atoms with Gasteiger partial charge in [0.05, 0.1) is 6.61 Å². The van der Waals surface area contributed by atoms with Crippen molar-refractivity contribution in [3.8, 4) is 23.2 Å². The number of aliphatic hydroxyl groups excluding tert-OH is 1. The third kappa shape index (κ3) is 3.12. The summed E-state index contributed by atoms with van der Waals surface area (Å²) in [6, 6.07) is 7.29. The third-order valence-corrected chi connectivity index (χ3v) is 5.28. The van der Waals surface area contributed by atoms with Crippen molar-refractivity contribution < 1.29 is 14.7 Å². The lowest BCUT2D eigenvalue weighted by Gasteiger charge is -2.15. The highest BCUT2D eigenvalue weighted by atomic mass is 16.3. The highest BCUT2D eigenvalue weighted by molar-refractivity contribution is 5.93. The molecular weight excluding hydrogens is 356 g/mol. The second kappa shape index (κ2) is 7.06. The number of nitrogens with one attached hydrogen (secondary N) is 1. The number of nitrogens with zero attached hydrogens (tertiary/aromatic N) is 2. The van der Waals surface area contributed by atoms with Crippen LogP contribution >= 0.6 is 0 Å². The number of fused-ring (bicyclic) bond motifs is 1. The van der Waals surface area contributed by atoms with E-state index < -0.39 is 11.3 Å². The van der Waals surface area contributed by atoms with E-state index >= 15 is 0 Å². The molecule has 0 saturated carbocycles. The SMILES string of the molecule is NC(=O)c1nc(-c2cccc(C#C[C@@]3(CO)CCNC3=O)c2)nc2c1CCC2. The van der Waals surface area contributed by atoms with Crippen molar-refractivity contribution in [1.82, 2.24) is 15.3 Å². The summed E-state index contributed by atoms with van der Waals surface area (Å²) in [6.07, 6.45) is 2.99. The number of primary amides is 1. The van der Waals surface area contributed by atoms with Crippen molar-refractivity contribution in [2.75, 3.05) is 13.2 Å². The van der Waals surface area contributed by atoms with Crippen LogP contribution in [0, 0.1) is 17.3 Å². The number of aryl methyl sites for hydroxylation is 1. The Labute approximate surface area is 162 Å². The Morgan fingerprint density at radius 3 is 2.89 bits per heavy atom. The van der Waals surface area contributed by atoms with Gasteiger partial charge in [-0.2, -0.15) is 0 Å². The first-order valence-corrected chi connectivity index (χ1v) is 9.25. The molecule has 1 saturated heterocycles. The largest absolute Gasteiger partial charge is 0.394 e. The molecule has 4 rings (SSSR count). The van der Waals surface area contributed by atoms with E-state index in [2.05, 4.69) is 27.1 Å². The zero-order valence-corrected chi connectivity index (χ0v) is 15.3. The molecule has 1 atom stereocenters. The van der Waals surface area contributed by atoms with Crippen LogP contribution in [-0.4, -0.2) is 40.0 Å². The van der Waals surface area contributed by atoms with E-state index in [0.717, 1.165) is 36.1 Å². The van der Waals surface area contributed by atoms with E-state index in [1.165, 1.54) is 0 Å². The number of carbonyl (C=O) groups is 2. The molecule has 28 heavy (non-hydrogen) atoms. The number of aliphatic hydroxyl groups is 1. The molecule has 1 aromatic heterocycles. The van der Waals surface area contributed by atoms with Gasteiger partial charge in [0.25, 0.3) is 5.91 Å². The van der Waals surface area contributed by atoms with Crippen LogP contribution in [0.1, 0.15) is 40.2 Å². The molecular formula is C21H20N4O3. The van der Waals surface area contributed by atoms with Crippen molar-refractivity contribution >= 4 is 11.8 Å². The molecule has 2 aromatic rings. The third-order valence-electron chi connectivity index (χ3n) is 5.28. The monoisotopic (exact) mass is 376 g/mol. The van der Waals surface area contributed by atoms with Crippen LogP contribution in [-0.2, 0) is 17.6 Å². The van der Waals surface area contributed by atoms with Gasteiger partial charge in [-0.15, -0.1) is 0 Å². The second-order valence-electron chi connectivity index (χ2n) is 7.12. The fourth-order valence-corrected chi connectivity index (χ4v) is 3.68. The standard InChI is InChI=1S/C21H20N4O3/c22-18(27)17-15-5-2-6-16(15)24-19(25-17)14-4-1-3-13(11-14)7-8-21(12-26)9-10-23-20(21)28/h1,3-4,11,26H,2,5-6,9-10,12H2,(H2,22,27)(H,23,28)/t21-/m0/s1. The quantitative estimate of drug-likeness (QED) is 0.677. The van der Waals surface area contributed by atoms with E-state index in [1.807, 2.05) is 24.3 Å². The molecule has 2 aliphatic rings. The number of benzene rings is 1. The van der Waals surface area contributed by atoms with Crippen LogP contribution in [0.4, 0.5) is 0 Å². The van der Waals surface area contributed by atoms with Crippen molar-refractivity contribution in [2.24, 2.45) is 11.1 Å². The van der Waals surface area contributed by atoms with Crippen molar-refractivity contribution in [2.45, 2.75) is 25.7 Å². The van der Waals surface area contributed by atoms with Gasteiger partial charge in [0.2, 0.25) is 5.91 Å². The fraction of sp³-hybridized carbons (Fsp3) is 0.333. The van der Waals surface area contributed by atoms with Gasteiger partial charge in [0.15, 0.2) is 5.82 Å². The number of carbonyl (C=O) groups excluding carboxylic acids is 2. The van der Waals surface area contributed by atoms with Crippen molar-refractivity contribution in [1.29, 1.82) is 0 Å². The van der Waals surface area contributed by atoms with Crippen LogP contribution in [0.25, 0.3) is 11.4 Å². The minimum Gasteiger partial charge on any atom is -0.394 e. The van der Waals surface area contributed by atoms with Crippen LogP contribution in [0.2, 0.25) is 0 Å². The van der Waals surface area contributed by atoms with Gasteiger partial charge in [-0.3, -0.25) is 9.59 Å². The number of rotatable bonds is 3. The Morgan fingerprint density at radius 1 is 1.32 bits per heavy atom. The van der Waals surface area contributed by atoms with E-state index in [9.17, 15) is 14.7 Å². The Hall–Kier alpha value is -3.24. The molecule has 0 unspecified atom stereocenters. The second-order valence-corrected chi connectivity index (χ2v) is 7.12. The van der Waals surface area contributed by atoms with E-state index in [1.54, 1.807) is 0 Å². The molecule has 1 aromatic carbocycles. The predicted octanol–water partition coefficient (Wildman–Crippen LogP) is 0.581. The van der Waals surface area contributed by atoms with E-state index in [0.29, 0.717) is 24.4 Å². The van der Waals surface area contributed by atoms with Crippen LogP contribution in [0.15, 0.2) is 24.3 Å².